The third-order valence-corrected chi connectivity index (χ3v) is 6.00. The first-order valence-corrected chi connectivity index (χ1v) is 11.8. The summed E-state index contributed by atoms with van der Waals surface area (Å²) in [6.07, 6.45) is 0.467. The molecule has 0 aliphatic rings. The summed E-state index contributed by atoms with van der Waals surface area (Å²) in [6.45, 7) is 1.23. The first-order valence-electron chi connectivity index (χ1n) is 11.8. The van der Waals surface area contributed by atoms with Crippen molar-refractivity contribution < 1.29 is 14.0 Å². The van der Waals surface area contributed by atoms with Crippen LogP contribution >= 0.6 is 0 Å². The highest BCUT2D eigenvalue weighted by atomic mass is 16.3. The molecule has 0 saturated carbocycles. The molecule has 37 heavy (non-hydrogen) atoms. The Labute approximate surface area is 210 Å². The van der Waals surface area contributed by atoms with Crippen LogP contribution in [0.3, 0.4) is 0 Å². The average Bonchev–Trinajstić information content (AvgIpc) is 3.28. The van der Waals surface area contributed by atoms with Crippen LogP contribution < -0.4 is 21.9 Å². The van der Waals surface area contributed by atoms with Crippen molar-refractivity contribution in [1.29, 1.82) is 0 Å². The minimum Gasteiger partial charge on any atom is -0.449 e. The van der Waals surface area contributed by atoms with E-state index in [-0.39, 0.29) is 30.1 Å². The van der Waals surface area contributed by atoms with Crippen molar-refractivity contribution in [2.24, 2.45) is 0 Å². The van der Waals surface area contributed by atoms with Gasteiger partial charge in [-0.25, -0.2) is 4.79 Å². The largest absolute Gasteiger partial charge is 0.449 e. The fourth-order valence-corrected chi connectivity index (χ4v) is 4.31. The van der Waals surface area contributed by atoms with Crippen LogP contribution in [0.2, 0.25) is 0 Å². The molecule has 2 aromatic heterocycles. The molecule has 2 amide bonds. The van der Waals surface area contributed by atoms with Gasteiger partial charge in [-0.2, -0.15) is 0 Å². The van der Waals surface area contributed by atoms with E-state index in [0.717, 1.165) is 10.1 Å². The van der Waals surface area contributed by atoms with E-state index in [4.69, 9.17) is 4.42 Å². The lowest BCUT2D eigenvalue weighted by Crippen LogP contribution is -2.41. The Bertz CT molecular complexity index is 1730. The maximum Gasteiger partial charge on any atom is 0.332 e. The maximum atomic E-state index is 13.6. The molecule has 0 bridgehead atoms. The molecular formula is C28H24N4O5. The van der Waals surface area contributed by atoms with Crippen molar-refractivity contribution in [2.75, 3.05) is 10.6 Å². The van der Waals surface area contributed by atoms with Crippen LogP contribution in [0.4, 0.5) is 11.4 Å². The predicted octanol–water partition coefficient (Wildman–Crippen LogP) is 3.75. The summed E-state index contributed by atoms with van der Waals surface area (Å²) >= 11 is 0. The average molecular weight is 497 g/mol. The molecule has 5 aromatic rings. The maximum absolute atomic E-state index is 13.6. The molecule has 2 N–H and O–H groups in total. The summed E-state index contributed by atoms with van der Waals surface area (Å²) in [6, 6.07) is 23.2. The topological polar surface area (TPSA) is 115 Å². The number of aromatic nitrogens is 2. The van der Waals surface area contributed by atoms with E-state index in [1.165, 1.54) is 11.5 Å². The fourth-order valence-electron chi connectivity index (χ4n) is 4.31. The lowest BCUT2D eigenvalue weighted by Gasteiger charge is -2.12. The van der Waals surface area contributed by atoms with Crippen molar-refractivity contribution in [2.45, 2.75) is 26.4 Å². The Morgan fingerprint density at radius 3 is 2.16 bits per heavy atom. The molecular weight excluding hydrogens is 472 g/mol. The van der Waals surface area contributed by atoms with E-state index in [0.29, 0.717) is 28.8 Å². The van der Waals surface area contributed by atoms with Gasteiger partial charge in [0.25, 0.3) is 5.56 Å². The molecule has 0 saturated heterocycles. The first kappa shape index (κ1) is 23.8. The summed E-state index contributed by atoms with van der Waals surface area (Å²) in [5.74, 6) is -0.649. The van der Waals surface area contributed by atoms with Crippen LogP contribution in [0, 0.1) is 0 Å². The van der Waals surface area contributed by atoms with Crippen LogP contribution in [0.5, 0.6) is 0 Å². The van der Waals surface area contributed by atoms with Gasteiger partial charge < -0.3 is 15.1 Å². The summed E-state index contributed by atoms with van der Waals surface area (Å²) in [7, 11) is 0. The van der Waals surface area contributed by atoms with E-state index < -0.39 is 17.2 Å². The molecule has 0 spiro atoms. The highest BCUT2D eigenvalue weighted by Gasteiger charge is 2.21. The van der Waals surface area contributed by atoms with Crippen LogP contribution in [0.25, 0.3) is 22.1 Å². The van der Waals surface area contributed by atoms with Gasteiger partial charge in [0, 0.05) is 30.2 Å². The normalized spacial score (nSPS) is 11.1. The van der Waals surface area contributed by atoms with Crippen LogP contribution in [-0.4, -0.2) is 20.9 Å². The predicted molar refractivity (Wildman–Crippen MR) is 142 cm³/mol. The standard InChI is InChI=1S/C28H24N4O5/c1-18(33)29-20-11-13-21(14-12-20)30-24(34)17-32-25-22-9-5-6-10-23(22)37-26(25)27(35)31(28(32)36)16-15-19-7-3-2-4-8-19/h2-14H,15-17H2,1H3,(H,29,33)(H,30,34). The van der Waals surface area contributed by atoms with E-state index in [1.54, 1.807) is 48.5 Å². The number of para-hydroxylation sites is 1. The summed E-state index contributed by atoms with van der Waals surface area (Å²) in [5.41, 5.74) is 1.73. The van der Waals surface area contributed by atoms with E-state index in [2.05, 4.69) is 10.6 Å². The number of anilines is 2. The molecule has 5 rings (SSSR count). The Balaban J connectivity index is 1.51. The smallest absolute Gasteiger partial charge is 0.332 e. The third kappa shape index (κ3) is 4.92. The van der Waals surface area contributed by atoms with Crippen molar-refractivity contribution in [3.63, 3.8) is 0 Å². The van der Waals surface area contributed by atoms with Gasteiger partial charge in [-0.15, -0.1) is 0 Å². The molecule has 2 heterocycles. The number of fused-ring (bicyclic) bond motifs is 3. The molecule has 0 atom stereocenters. The molecule has 0 aliphatic heterocycles. The summed E-state index contributed by atoms with van der Waals surface area (Å²) in [5, 5.41) is 6.01. The van der Waals surface area contributed by atoms with Gasteiger partial charge in [0.15, 0.2) is 0 Å². The number of nitrogens with zero attached hydrogens (tertiary/aromatic N) is 2. The molecule has 9 nitrogen and oxygen atoms in total. The van der Waals surface area contributed by atoms with Crippen molar-refractivity contribution in [1.82, 2.24) is 9.13 Å². The molecule has 0 aliphatic carbocycles. The molecule has 0 fully saturated rings. The van der Waals surface area contributed by atoms with Crippen LogP contribution in [0.1, 0.15) is 12.5 Å². The number of rotatable bonds is 7. The second kappa shape index (κ2) is 9.98. The molecule has 0 radical (unpaired) electrons. The van der Waals surface area contributed by atoms with E-state index in [9.17, 15) is 19.2 Å². The third-order valence-electron chi connectivity index (χ3n) is 6.00. The van der Waals surface area contributed by atoms with Gasteiger partial charge in [-0.05, 0) is 48.4 Å². The second-order valence-corrected chi connectivity index (χ2v) is 8.64. The minimum atomic E-state index is -0.587. The van der Waals surface area contributed by atoms with Gasteiger partial charge in [0.05, 0.1) is 0 Å². The number of carbonyl (C=O) groups is 2. The van der Waals surface area contributed by atoms with E-state index in [1.807, 2.05) is 30.3 Å². The zero-order valence-corrected chi connectivity index (χ0v) is 20.1. The number of aryl methyl sites for hydroxylation is 1. The monoisotopic (exact) mass is 496 g/mol. The number of furan rings is 1. The minimum absolute atomic E-state index is 0.0290. The number of amides is 2. The lowest BCUT2D eigenvalue weighted by molar-refractivity contribution is -0.117. The van der Waals surface area contributed by atoms with Crippen molar-refractivity contribution in [3.05, 3.63) is 105 Å². The SMILES string of the molecule is CC(=O)Nc1ccc(NC(=O)Cn2c(=O)n(CCc3ccccc3)c(=O)c3oc4ccccc4c32)cc1. The quantitative estimate of drug-likeness (QED) is 0.356. The van der Waals surface area contributed by atoms with Gasteiger partial charge in [-0.3, -0.25) is 23.5 Å². The first-order chi connectivity index (χ1) is 17.9. The van der Waals surface area contributed by atoms with Gasteiger partial charge in [0.1, 0.15) is 17.6 Å². The Morgan fingerprint density at radius 2 is 1.46 bits per heavy atom. The number of benzene rings is 3. The van der Waals surface area contributed by atoms with Gasteiger partial charge in [-0.1, -0.05) is 42.5 Å². The highest BCUT2D eigenvalue weighted by molar-refractivity contribution is 6.03. The Hall–Kier alpha value is -4.92. The van der Waals surface area contributed by atoms with Gasteiger partial charge in [0.2, 0.25) is 17.4 Å². The number of hydrogen-bond acceptors (Lipinski definition) is 5. The van der Waals surface area contributed by atoms with Crippen LogP contribution in [0.15, 0.2) is 92.9 Å². The van der Waals surface area contributed by atoms with Crippen molar-refractivity contribution >= 4 is 45.3 Å². The lowest BCUT2D eigenvalue weighted by atomic mass is 10.1. The molecule has 0 unspecified atom stereocenters. The zero-order valence-electron chi connectivity index (χ0n) is 20.1. The number of hydrogen-bond donors (Lipinski definition) is 2. The molecule has 3 aromatic carbocycles. The number of nitrogens with one attached hydrogen (secondary N) is 2. The summed E-state index contributed by atoms with van der Waals surface area (Å²) < 4.78 is 8.26. The highest BCUT2D eigenvalue weighted by Crippen LogP contribution is 2.25. The molecule has 9 heteroatoms. The fraction of sp³-hybridized carbons (Fsp3) is 0.143. The van der Waals surface area contributed by atoms with E-state index >= 15 is 0 Å². The van der Waals surface area contributed by atoms with Crippen LogP contribution in [-0.2, 0) is 29.1 Å². The number of carbonyl (C=O) groups excluding carboxylic acids is 2. The summed E-state index contributed by atoms with van der Waals surface area (Å²) in [4.78, 5) is 51.1. The second-order valence-electron chi connectivity index (χ2n) is 8.64. The van der Waals surface area contributed by atoms with Crippen molar-refractivity contribution in [3.8, 4) is 0 Å². The van der Waals surface area contributed by atoms with Gasteiger partial charge >= 0.3 is 5.69 Å². The Kier molecular flexibility index (Phi) is 6.42. The molecule has 186 valence electrons. The zero-order chi connectivity index (χ0) is 25.9. The Morgan fingerprint density at radius 1 is 0.811 bits per heavy atom.